The van der Waals surface area contributed by atoms with Crippen molar-refractivity contribution >= 4 is 51.8 Å². The van der Waals surface area contributed by atoms with Crippen LogP contribution in [-0.2, 0) is 9.59 Å². The van der Waals surface area contributed by atoms with Crippen LogP contribution in [0.2, 0.25) is 0 Å². The summed E-state index contributed by atoms with van der Waals surface area (Å²) in [5, 5.41) is 3.48. The van der Waals surface area contributed by atoms with E-state index >= 15 is 0 Å². The number of benzene rings is 2. The third-order valence-corrected chi connectivity index (χ3v) is 6.34. The first-order chi connectivity index (χ1) is 14.7. The Bertz CT molecular complexity index is 1220. The minimum Gasteiger partial charge on any atom is -0.366 e. The molecule has 0 aliphatic carbocycles. The molecule has 0 spiro atoms. The molecular weight excluding hydrogens is 412 g/mol. The summed E-state index contributed by atoms with van der Waals surface area (Å²) in [5.41, 5.74) is 6.73. The monoisotopic (exact) mass is 434 g/mol. The summed E-state index contributed by atoms with van der Waals surface area (Å²) >= 11 is 1.23. The number of hydrogen-bond acceptors (Lipinski definition) is 5. The molecule has 1 atom stereocenters. The van der Waals surface area contributed by atoms with Gasteiger partial charge in [0, 0.05) is 5.39 Å². The van der Waals surface area contributed by atoms with E-state index in [1.807, 2.05) is 30.3 Å². The summed E-state index contributed by atoms with van der Waals surface area (Å²) in [4.78, 5) is 44.3. The molecule has 7 nitrogen and oxygen atoms in total. The van der Waals surface area contributed by atoms with Gasteiger partial charge in [-0.3, -0.25) is 19.3 Å². The molecule has 1 aromatic heterocycles. The van der Waals surface area contributed by atoms with Crippen molar-refractivity contribution in [3.63, 3.8) is 0 Å². The van der Waals surface area contributed by atoms with Crippen molar-refractivity contribution < 1.29 is 14.4 Å². The average Bonchev–Trinajstić information content (AvgIpc) is 2.73. The number of para-hydroxylation sites is 3. The number of nitrogens with one attached hydrogen (secondary N) is 1. The number of carbonyl (C=O) groups excluding carboxylic acids is 3. The molecule has 3 N–H and O–H groups in total. The zero-order chi connectivity index (χ0) is 22.3. The Morgan fingerprint density at radius 2 is 1.81 bits per heavy atom. The van der Waals surface area contributed by atoms with Crippen molar-refractivity contribution in [1.29, 1.82) is 0 Å². The third-order valence-electron chi connectivity index (χ3n) is 5.33. The highest BCUT2D eigenvalue weighted by Crippen LogP contribution is 2.38. The molecule has 3 aromatic rings. The Morgan fingerprint density at radius 3 is 2.55 bits per heavy atom. The molecule has 4 rings (SSSR count). The van der Waals surface area contributed by atoms with E-state index in [1.165, 1.54) is 16.7 Å². The number of primary amides is 1. The lowest BCUT2D eigenvalue weighted by Crippen LogP contribution is -2.60. The first-order valence-corrected chi connectivity index (χ1v) is 10.7. The van der Waals surface area contributed by atoms with E-state index in [0.717, 1.165) is 0 Å². The molecule has 3 amide bonds. The number of amides is 3. The first kappa shape index (κ1) is 20.9. The molecule has 0 fully saturated rings. The lowest BCUT2D eigenvalue weighted by Gasteiger charge is -2.43. The quantitative estimate of drug-likeness (QED) is 0.611. The number of carbonyl (C=O) groups is 3. The van der Waals surface area contributed by atoms with E-state index in [-0.39, 0.29) is 11.8 Å². The molecule has 2 heterocycles. The molecule has 0 saturated heterocycles. The smallest absolute Gasteiger partial charge is 0.250 e. The molecule has 0 radical (unpaired) electrons. The number of fused-ring (bicyclic) bond motifs is 2. The van der Waals surface area contributed by atoms with Crippen molar-refractivity contribution in [3.8, 4) is 0 Å². The molecule has 0 saturated carbocycles. The standard InChI is InChI=1S/C23H22N4O3S/c1-13(31-19-12-15(20(24)28)14-8-4-5-9-16(14)25-19)21(29)27-18-11-7-6-10-17(18)26-22(30)23(27,2)3/h4-13H,1-3H3,(H2,24,28)(H,26,30)/t13-/m0/s1. The maximum atomic E-state index is 13.5. The lowest BCUT2D eigenvalue weighted by molar-refractivity contribution is -0.126. The summed E-state index contributed by atoms with van der Waals surface area (Å²) in [6.07, 6.45) is 0. The van der Waals surface area contributed by atoms with Crippen molar-refractivity contribution in [3.05, 3.63) is 60.2 Å². The van der Waals surface area contributed by atoms with Gasteiger partial charge in [0.25, 0.3) is 0 Å². The van der Waals surface area contributed by atoms with E-state index in [4.69, 9.17) is 5.73 Å². The van der Waals surface area contributed by atoms with Gasteiger partial charge in [-0.15, -0.1) is 0 Å². The second kappa shape index (κ2) is 7.70. The van der Waals surface area contributed by atoms with Gasteiger partial charge < -0.3 is 11.1 Å². The van der Waals surface area contributed by atoms with Crippen LogP contribution in [0.5, 0.6) is 0 Å². The summed E-state index contributed by atoms with van der Waals surface area (Å²) in [6.45, 7) is 5.19. The molecule has 158 valence electrons. The summed E-state index contributed by atoms with van der Waals surface area (Å²) in [6, 6.07) is 16.1. The zero-order valence-corrected chi connectivity index (χ0v) is 18.2. The van der Waals surface area contributed by atoms with Crippen LogP contribution in [-0.4, -0.2) is 33.5 Å². The van der Waals surface area contributed by atoms with E-state index in [9.17, 15) is 14.4 Å². The molecule has 1 aliphatic rings. The van der Waals surface area contributed by atoms with E-state index in [0.29, 0.717) is 32.9 Å². The van der Waals surface area contributed by atoms with Gasteiger partial charge in [-0.05, 0) is 45.0 Å². The Labute approximate surface area is 184 Å². The molecule has 31 heavy (non-hydrogen) atoms. The number of rotatable bonds is 4. The highest BCUT2D eigenvalue weighted by atomic mass is 32.2. The maximum absolute atomic E-state index is 13.5. The number of thioether (sulfide) groups is 1. The van der Waals surface area contributed by atoms with E-state index in [2.05, 4.69) is 10.3 Å². The average molecular weight is 435 g/mol. The Kier molecular flexibility index (Phi) is 5.18. The normalized spacial score (nSPS) is 15.8. The number of nitrogens with zero attached hydrogens (tertiary/aromatic N) is 2. The third kappa shape index (κ3) is 3.63. The molecular formula is C23H22N4O3S. The Hall–Kier alpha value is -3.39. The second-order valence-electron chi connectivity index (χ2n) is 7.85. The zero-order valence-electron chi connectivity index (χ0n) is 17.4. The SMILES string of the molecule is C[C@H](Sc1cc(C(N)=O)c2ccccc2n1)C(=O)N1c2ccccc2NC(=O)C1(C)C. The highest BCUT2D eigenvalue weighted by molar-refractivity contribution is 8.00. The highest BCUT2D eigenvalue weighted by Gasteiger charge is 2.44. The Balaban J connectivity index is 1.69. The van der Waals surface area contributed by atoms with Crippen LogP contribution in [0.3, 0.4) is 0 Å². The fourth-order valence-corrected chi connectivity index (χ4v) is 4.58. The molecule has 0 bridgehead atoms. The fraction of sp³-hybridized carbons (Fsp3) is 0.217. The van der Waals surface area contributed by atoms with Gasteiger partial charge in [0.2, 0.25) is 17.7 Å². The van der Waals surface area contributed by atoms with Gasteiger partial charge in [-0.1, -0.05) is 42.1 Å². The van der Waals surface area contributed by atoms with Gasteiger partial charge in [-0.2, -0.15) is 0 Å². The topological polar surface area (TPSA) is 105 Å². The largest absolute Gasteiger partial charge is 0.366 e. The maximum Gasteiger partial charge on any atom is 0.250 e. The number of nitrogens with two attached hydrogens (primary N) is 1. The van der Waals surface area contributed by atoms with Crippen LogP contribution in [0.25, 0.3) is 10.9 Å². The van der Waals surface area contributed by atoms with Crippen LogP contribution >= 0.6 is 11.8 Å². The number of hydrogen-bond donors (Lipinski definition) is 2. The van der Waals surface area contributed by atoms with Crippen molar-refractivity contribution in [2.45, 2.75) is 36.6 Å². The molecule has 2 aromatic carbocycles. The van der Waals surface area contributed by atoms with E-state index < -0.39 is 16.7 Å². The summed E-state index contributed by atoms with van der Waals surface area (Å²) in [7, 11) is 0. The summed E-state index contributed by atoms with van der Waals surface area (Å²) < 4.78 is 0. The predicted octanol–water partition coefficient (Wildman–Crippen LogP) is 3.58. The van der Waals surface area contributed by atoms with Crippen LogP contribution in [0, 0.1) is 0 Å². The van der Waals surface area contributed by atoms with Crippen molar-refractivity contribution in [1.82, 2.24) is 4.98 Å². The molecule has 0 unspecified atom stereocenters. The van der Waals surface area contributed by atoms with Gasteiger partial charge in [0.05, 0.1) is 32.7 Å². The van der Waals surface area contributed by atoms with Gasteiger partial charge in [0.1, 0.15) is 5.54 Å². The minimum atomic E-state index is -1.06. The summed E-state index contributed by atoms with van der Waals surface area (Å²) in [5.74, 6) is -1.04. The second-order valence-corrected chi connectivity index (χ2v) is 9.21. The number of anilines is 2. The van der Waals surface area contributed by atoms with Crippen LogP contribution in [0.1, 0.15) is 31.1 Å². The fourth-order valence-electron chi connectivity index (χ4n) is 3.68. The van der Waals surface area contributed by atoms with Crippen molar-refractivity contribution in [2.24, 2.45) is 5.73 Å². The van der Waals surface area contributed by atoms with Crippen LogP contribution in [0.15, 0.2) is 59.6 Å². The lowest BCUT2D eigenvalue weighted by atomic mass is 9.96. The minimum absolute atomic E-state index is 0.229. The van der Waals surface area contributed by atoms with Gasteiger partial charge >= 0.3 is 0 Å². The first-order valence-electron chi connectivity index (χ1n) is 9.81. The van der Waals surface area contributed by atoms with Gasteiger partial charge in [-0.25, -0.2) is 4.98 Å². The van der Waals surface area contributed by atoms with Crippen molar-refractivity contribution in [2.75, 3.05) is 10.2 Å². The van der Waals surface area contributed by atoms with Gasteiger partial charge in [0.15, 0.2) is 0 Å². The number of aromatic nitrogens is 1. The number of pyridine rings is 1. The molecule has 1 aliphatic heterocycles. The van der Waals surface area contributed by atoms with Crippen LogP contribution in [0.4, 0.5) is 11.4 Å². The van der Waals surface area contributed by atoms with E-state index in [1.54, 1.807) is 45.0 Å². The Morgan fingerprint density at radius 1 is 1.13 bits per heavy atom. The van der Waals surface area contributed by atoms with Crippen LogP contribution < -0.4 is 16.0 Å². The molecule has 8 heteroatoms. The predicted molar refractivity (Wildman–Crippen MR) is 122 cm³/mol.